The van der Waals surface area contributed by atoms with Crippen LogP contribution in [0.1, 0.15) is 12.5 Å². The van der Waals surface area contributed by atoms with E-state index in [1.807, 2.05) is 31.2 Å². The first-order valence-electron chi connectivity index (χ1n) is 8.50. The summed E-state index contributed by atoms with van der Waals surface area (Å²) in [5.41, 5.74) is 1.34. The van der Waals surface area contributed by atoms with Gasteiger partial charge in [-0.2, -0.15) is 0 Å². The van der Waals surface area contributed by atoms with E-state index in [0.29, 0.717) is 5.75 Å². The average molecular weight is 445 g/mol. The van der Waals surface area contributed by atoms with Crippen LogP contribution in [0.4, 0.5) is 5.69 Å². The van der Waals surface area contributed by atoms with Crippen LogP contribution < -0.4 is 14.4 Å². The molecule has 0 unspecified atom stereocenters. The predicted molar refractivity (Wildman–Crippen MR) is 113 cm³/mol. The van der Waals surface area contributed by atoms with E-state index in [2.05, 4.69) is 5.32 Å². The lowest BCUT2D eigenvalue weighted by atomic mass is 10.2. The van der Waals surface area contributed by atoms with Gasteiger partial charge in [-0.3, -0.25) is 9.10 Å². The number of nitrogens with one attached hydrogen (secondary N) is 1. The number of hydrogen-bond acceptors (Lipinski definition) is 4. The molecule has 152 valence electrons. The van der Waals surface area contributed by atoms with Crippen molar-refractivity contribution in [2.75, 3.05) is 23.7 Å². The molecule has 0 spiro atoms. The van der Waals surface area contributed by atoms with Crippen LogP contribution >= 0.6 is 23.2 Å². The Balaban J connectivity index is 2.02. The van der Waals surface area contributed by atoms with Crippen molar-refractivity contribution in [3.8, 4) is 5.75 Å². The van der Waals surface area contributed by atoms with Crippen LogP contribution in [-0.4, -0.2) is 39.8 Å². The van der Waals surface area contributed by atoms with Crippen LogP contribution in [0, 0.1) is 6.92 Å². The first-order chi connectivity index (χ1) is 13.1. The van der Waals surface area contributed by atoms with Gasteiger partial charge in [-0.05, 0) is 44.2 Å². The molecule has 0 aliphatic heterocycles. The number of nitrogens with zero attached hydrogens (tertiary/aromatic N) is 1. The highest BCUT2D eigenvalue weighted by Crippen LogP contribution is 2.28. The molecule has 1 atom stereocenters. The Kier molecular flexibility index (Phi) is 7.57. The Labute approximate surface area is 175 Å². The van der Waals surface area contributed by atoms with Crippen LogP contribution in [0.2, 0.25) is 10.0 Å². The maximum absolute atomic E-state index is 12.5. The minimum Gasteiger partial charge on any atom is -0.492 e. The molecule has 2 rings (SSSR count). The van der Waals surface area contributed by atoms with Gasteiger partial charge in [0.15, 0.2) is 0 Å². The number of hydrogen-bond donors (Lipinski definition) is 1. The van der Waals surface area contributed by atoms with E-state index in [-0.39, 0.29) is 28.9 Å². The largest absolute Gasteiger partial charge is 0.492 e. The van der Waals surface area contributed by atoms with Gasteiger partial charge in [-0.25, -0.2) is 8.42 Å². The highest BCUT2D eigenvalue weighted by molar-refractivity contribution is 7.92. The van der Waals surface area contributed by atoms with Crippen molar-refractivity contribution < 1.29 is 17.9 Å². The molecule has 0 heterocycles. The van der Waals surface area contributed by atoms with Crippen molar-refractivity contribution in [1.29, 1.82) is 0 Å². The number of sulfonamides is 1. The number of rotatable bonds is 8. The van der Waals surface area contributed by atoms with E-state index in [0.717, 1.165) is 16.1 Å². The SMILES string of the molecule is Cc1ccc(OCCNC(=O)[C@H](C)N(c2cc(Cl)cc(Cl)c2)S(C)(=O)=O)cc1. The fraction of sp³-hybridized carbons (Fsp3) is 0.316. The van der Waals surface area contributed by atoms with Crippen LogP contribution in [0.3, 0.4) is 0 Å². The van der Waals surface area contributed by atoms with E-state index in [1.165, 1.54) is 25.1 Å². The second-order valence-electron chi connectivity index (χ2n) is 6.31. The molecule has 1 amide bonds. The van der Waals surface area contributed by atoms with E-state index >= 15 is 0 Å². The second kappa shape index (κ2) is 9.49. The first kappa shape index (κ1) is 22.3. The van der Waals surface area contributed by atoms with Gasteiger partial charge in [0.05, 0.1) is 18.5 Å². The lowest BCUT2D eigenvalue weighted by Gasteiger charge is -2.28. The summed E-state index contributed by atoms with van der Waals surface area (Å²) in [4.78, 5) is 12.5. The monoisotopic (exact) mass is 444 g/mol. The zero-order chi connectivity index (χ0) is 20.9. The maximum atomic E-state index is 12.5. The molecule has 0 bridgehead atoms. The van der Waals surface area contributed by atoms with E-state index < -0.39 is 22.0 Å². The van der Waals surface area contributed by atoms with Gasteiger partial charge in [0.2, 0.25) is 15.9 Å². The summed E-state index contributed by atoms with van der Waals surface area (Å²) < 4.78 is 31.1. The molecule has 28 heavy (non-hydrogen) atoms. The quantitative estimate of drug-likeness (QED) is 0.630. The topological polar surface area (TPSA) is 75.7 Å². The highest BCUT2D eigenvalue weighted by atomic mass is 35.5. The summed E-state index contributed by atoms with van der Waals surface area (Å²) in [6, 6.07) is 10.9. The summed E-state index contributed by atoms with van der Waals surface area (Å²) in [5.74, 6) is 0.230. The fourth-order valence-electron chi connectivity index (χ4n) is 2.60. The third-order valence-corrected chi connectivity index (χ3v) is 5.56. The number of amides is 1. The Bertz CT molecular complexity index is 913. The second-order valence-corrected chi connectivity index (χ2v) is 9.05. The zero-order valence-electron chi connectivity index (χ0n) is 15.8. The first-order valence-corrected chi connectivity index (χ1v) is 11.1. The standard InChI is InChI=1S/C19H22Cl2N2O4S/c1-13-4-6-18(7-5-13)27-9-8-22-19(24)14(2)23(28(3,25)26)17-11-15(20)10-16(21)12-17/h4-7,10-12,14H,8-9H2,1-3H3,(H,22,24)/t14-/m0/s1. The molecule has 0 aliphatic rings. The van der Waals surface area contributed by atoms with Gasteiger partial charge in [-0.1, -0.05) is 40.9 Å². The Morgan fingerprint density at radius 2 is 1.71 bits per heavy atom. The van der Waals surface area contributed by atoms with E-state index in [1.54, 1.807) is 0 Å². The van der Waals surface area contributed by atoms with Gasteiger partial charge in [-0.15, -0.1) is 0 Å². The third-order valence-electron chi connectivity index (χ3n) is 3.88. The lowest BCUT2D eigenvalue weighted by Crippen LogP contribution is -2.48. The number of ether oxygens (including phenoxy) is 1. The number of benzene rings is 2. The molecule has 0 saturated carbocycles. The van der Waals surface area contributed by atoms with Crippen molar-refractivity contribution in [1.82, 2.24) is 5.32 Å². The summed E-state index contributed by atoms with van der Waals surface area (Å²) in [5, 5.41) is 3.23. The number of aryl methyl sites for hydroxylation is 1. The summed E-state index contributed by atoms with van der Waals surface area (Å²) >= 11 is 12.0. The summed E-state index contributed by atoms with van der Waals surface area (Å²) in [7, 11) is -3.75. The highest BCUT2D eigenvalue weighted by Gasteiger charge is 2.29. The minimum atomic E-state index is -3.75. The van der Waals surface area contributed by atoms with Gasteiger partial charge >= 0.3 is 0 Å². The smallest absolute Gasteiger partial charge is 0.243 e. The molecule has 0 aromatic heterocycles. The Morgan fingerprint density at radius 3 is 2.25 bits per heavy atom. The number of carbonyl (C=O) groups excluding carboxylic acids is 1. The van der Waals surface area contributed by atoms with Crippen LogP contribution in [0.25, 0.3) is 0 Å². The van der Waals surface area contributed by atoms with Crippen molar-refractivity contribution in [3.63, 3.8) is 0 Å². The summed E-state index contributed by atoms with van der Waals surface area (Å²) in [6.07, 6.45) is 1.02. The number of halogens is 2. The Hall–Kier alpha value is -1.96. The van der Waals surface area contributed by atoms with Crippen molar-refractivity contribution in [3.05, 3.63) is 58.1 Å². The normalized spacial score (nSPS) is 12.3. The fourth-order valence-corrected chi connectivity index (χ4v) is 4.27. The predicted octanol–water partition coefficient (Wildman–Crippen LogP) is 3.65. The molecular formula is C19H22Cl2N2O4S. The molecule has 1 N–H and O–H groups in total. The van der Waals surface area contributed by atoms with Gasteiger partial charge in [0.1, 0.15) is 18.4 Å². The minimum absolute atomic E-state index is 0.221. The summed E-state index contributed by atoms with van der Waals surface area (Å²) in [6.45, 7) is 3.95. The van der Waals surface area contributed by atoms with Crippen molar-refractivity contribution >= 4 is 44.8 Å². The van der Waals surface area contributed by atoms with E-state index in [9.17, 15) is 13.2 Å². The van der Waals surface area contributed by atoms with Crippen LogP contribution in [0.5, 0.6) is 5.75 Å². The molecule has 0 fully saturated rings. The maximum Gasteiger partial charge on any atom is 0.243 e. The zero-order valence-corrected chi connectivity index (χ0v) is 18.1. The van der Waals surface area contributed by atoms with Crippen molar-refractivity contribution in [2.45, 2.75) is 19.9 Å². The average Bonchev–Trinajstić information content (AvgIpc) is 2.58. The molecular weight excluding hydrogens is 423 g/mol. The van der Waals surface area contributed by atoms with Crippen LogP contribution in [-0.2, 0) is 14.8 Å². The lowest BCUT2D eigenvalue weighted by molar-refractivity contribution is -0.121. The van der Waals surface area contributed by atoms with Crippen LogP contribution in [0.15, 0.2) is 42.5 Å². The van der Waals surface area contributed by atoms with Crippen molar-refractivity contribution in [2.24, 2.45) is 0 Å². The molecule has 0 aliphatic carbocycles. The molecule has 0 saturated heterocycles. The van der Waals surface area contributed by atoms with E-state index in [4.69, 9.17) is 27.9 Å². The number of anilines is 1. The van der Waals surface area contributed by atoms with Gasteiger partial charge in [0, 0.05) is 10.0 Å². The molecule has 2 aromatic carbocycles. The molecule has 6 nitrogen and oxygen atoms in total. The third kappa shape index (κ3) is 6.29. The molecule has 9 heteroatoms. The van der Waals surface area contributed by atoms with Gasteiger partial charge < -0.3 is 10.1 Å². The number of carbonyl (C=O) groups is 1. The molecule has 0 radical (unpaired) electrons. The van der Waals surface area contributed by atoms with Gasteiger partial charge in [0.25, 0.3) is 0 Å². The molecule has 2 aromatic rings. The Morgan fingerprint density at radius 1 is 1.14 bits per heavy atom.